The van der Waals surface area contributed by atoms with Crippen molar-refractivity contribution in [3.63, 3.8) is 0 Å². The molecule has 2 aromatic carbocycles. The SMILES string of the molecule is NC(=O)c1cc(-c2ccccc2)sc1NC(=O)c1cc(F)c(F)cc1Cl. The van der Waals surface area contributed by atoms with Crippen molar-refractivity contribution in [2.45, 2.75) is 0 Å². The van der Waals surface area contributed by atoms with E-state index in [0.29, 0.717) is 17.0 Å². The van der Waals surface area contributed by atoms with Gasteiger partial charge in [-0.25, -0.2) is 8.78 Å². The lowest BCUT2D eigenvalue weighted by Crippen LogP contribution is -2.17. The Balaban J connectivity index is 1.97. The number of halogens is 3. The van der Waals surface area contributed by atoms with Crippen molar-refractivity contribution < 1.29 is 18.4 Å². The number of rotatable bonds is 4. The number of nitrogens with two attached hydrogens (primary N) is 1. The Bertz CT molecular complexity index is 1010. The molecule has 132 valence electrons. The summed E-state index contributed by atoms with van der Waals surface area (Å²) in [6, 6.07) is 12.2. The molecule has 0 spiro atoms. The molecule has 0 unspecified atom stereocenters. The maximum absolute atomic E-state index is 13.4. The van der Waals surface area contributed by atoms with Crippen LogP contribution in [0.25, 0.3) is 10.4 Å². The Morgan fingerprint density at radius 2 is 1.65 bits per heavy atom. The molecule has 8 heteroatoms. The molecule has 3 N–H and O–H groups in total. The zero-order chi connectivity index (χ0) is 18.8. The van der Waals surface area contributed by atoms with E-state index in [9.17, 15) is 18.4 Å². The van der Waals surface area contributed by atoms with Gasteiger partial charge in [0.2, 0.25) is 0 Å². The number of amides is 2. The summed E-state index contributed by atoms with van der Waals surface area (Å²) in [6.45, 7) is 0. The predicted molar refractivity (Wildman–Crippen MR) is 97.6 cm³/mol. The Labute approximate surface area is 156 Å². The third-order valence-electron chi connectivity index (χ3n) is 3.54. The van der Waals surface area contributed by atoms with Crippen molar-refractivity contribution >= 4 is 39.8 Å². The normalized spacial score (nSPS) is 10.6. The first-order valence-corrected chi connectivity index (χ1v) is 8.51. The lowest BCUT2D eigenvalue weighted by Gasteiger charge is -2.07. The number of hydrogen-bond acceptors (Lipinski definition) is 3. The Kier molecular flexibility index (Phi) is 5.01. The van der Waals surface area contributed by atoms with E-state index >= 15 is 0 Å². The van der Waals surface area contributed by atoms with Crippen LogP contribution >= 0.6 is 22.9 Å². The third kappa shape index (κ3) is 3.58. The quantitative estimate of drug-likeness (QED) is 0.632. The molecule has 2 amide bonds. The molecule has 1 aromatic heterocycles. The fraction of sp³-hybridized carbons (Fsp3) is 0. The van der Waals surface area contributed by atoms with Crippen molar-refractivity contribution in [3.05, 3.63) is 76.3 Å². The molecule has 0 atom stereocenters. The van der Waals surface area contributed by atoms with Crippen LogP contribution in [0.15, 0.2) is 48.5 Å². The molecule has 4 nitrogen and oxygen atoms in total. The number of primary amides is 1. The molecule has 0 aliphatic heterocycles. The highest BCUT2D eigenvalue weighted by Gasteiger charge is 2.20. The van der Waals surface area contributed by atoms with Gasteiger partial charge in [0.1, 0.15) is 5.00 Å². The molecule has 0 bridgehead atoms. The van der Waals surface area contributed by atoms with Crippen LogP contribution in [-0.4, -0.2) is 11.8 Å². The van der Waals surface area contributed by atoms with Crippen LogP contribution < -0.4 is 11.1 Å². The predicted octanol–water partition coefficient (Wildman–Crippen LogP) is 4.70. The minimum Gasteiger partial charge on any atom is -0.366 e. The highest BCUT2D eigenvalue weighted by atomic mass is 35.5. The average Bonchev–Trinajstić information content (AvgIpc) is 3.03. The van der Waals surface area contributed by atoms with Gasteiger partial charge in [-0.15, -0.1) is 11.3 Å². The summed E-state index contributed by atoms with van der Waals surface area (Å²) in [6.07, 6.45) is 0. The second-order valence-corrected chi connectivity index (χ2v) is 6.74. The van der Waals surface area contributed by atoms with Gasteiger partial charge in [0.05, 0.1) is 16.1 Å². The number of benzene rings is 2. The smallest absolute Gasteiger partial charge is 0.257 e. The Hall–Kier alpha value is -2.77. The summed E-state index contributed by atoms with van der Waals surface area (Å²) in [7, 11) is 0. The Morgan fingerprint density at radius 1 is 1.00 bits per heavy atom. The largest absolute Gasteiger partial charge is 0.366 e. The van der Waals surface area contributed by atoms with Crippen molar-refractivity contribution in [2.24, 2.45) is 5.73 Å². The number of anilines is 1. The van der Waals surface area contributed by atoms with E-state index in [-0.39, 0.29) is 21.2 Å². The van der Waals surface area contributed by atoms with E-state index in [1.54, 1.807) is 6.07 Å². The first-order valence-electron chi connectivity index (χ1n) is 7.31. The second kappa shape index (κ2) is 7.23. The minimum atomic E-state index is -1.20. The van der Waals surface area contributed by atoms with Crippen LogP contribution in [0.1, 0.15) is 20.7 Å². The fourth-order valence-corrected chi connectivity index (χ4v) is 3.58. The topological polar surface area (TPSA) is 72.2 Å². The fourth-order valence-electron chi connectivity index (χ4n) is 2.28. The lowest BCUT2D eigenvalue weighted by molar-refractivity contribution is 0.100. The maximum Gasteiger partial charge on any atom is 0.257 e. The molecule has 0 saturated carbocycles. The molecule has 0 radical (unpaired) electrons. The molecule has 0 saturated heterocycles. The molecular formula is C18H11ClF2N2O2S. The molecule has 0 aliphatic rings. The molecule has 3 rings (SSSR count). The van der Waals surface area contributed by atoms with Crippen LogP contribution in [0, 0.1) is 11.6 Å². The van der Waals surface area contributed by atoms with Crippen LogP contribution in [0.2, 0.25) is 5.02 Å². The molecule has 1 heterocycles. The first-order chi connectivity index (χ1) is 12.4. The summed E-state index contributed by atoms with van der Waals surface area (Å²) in [5.74, 6) is -3.87. The van der Waals surface area contributed by atoms with Gasteiger partial charge in [-0.05, 0) is 23.8 Å². The second-order valence-electron chi connectivity index (χ2n) is 5.28. The van der Waals surface area contributed by atoms with Crippen LogP contribution in [-0.2, 0) is 0 Å². The summed E-state index contributed by atoms with van der Waals surface area (Å²) in [4.78, 5) is 24.8. The standard InChI is InChI=1S/C18H11ClF2N2O2S/c19-12-8-14(21)13(20)6-10(12)17(25)23-18-11(16(22)24)7-15(26-18)9-4-2-1-3-5-9/h1-8H,(H2,22,24)(H,23,25). The molecule has 3 aromatic rings. The molecular weight excluding hydrogens is 382 g/mol. The van der Waals surface area contributed by atoms with Crippen LogP contribution in [0.4, 0.5) is 13.8 Å². The van der Waals surface area contributed by atoms with E-state index in [1.165, 1.54) is 0 Å². The number of hydrogen-bond donors (Lipinski definition) is 2. The monoisotopic (exact) mass is 392 g/mol. The van der Waals surface area contributed by atoms with Gasteiger partial charge in [-0.3, -0.25) is 9.59 Å². The van der Waals surface area contributed by atoms with Gasteiger partial charge in [-0.1, -0.05) is 41.9 Å². The van der Waals surface area contributed by atoms with E-state index < -0.39 is 23.4 Å². The third-order valence-corrected chi connectivity index (χ3v) is 4.95. The number of carbonyl (C=O) groups excluding carboxylic acids is 2. The average molecular weight is 393 g/mol. The van der Waals surface area contributed by atoms with Gasteiger partial charge in [-0.2, -0.15) is 0 Å². The van der Waals surface area contributed by atoms with E-state index in [1.807, 2.05) is 30.3 Å². The first kappa shape index (κ1) is 18.0. The van der Waals surface area contributed by atoms with Crippen LogP contribution in [0.3, 0.4) is 0 Å². The van der Waals surface area contributed by atoms with Gasteiger partial charge in [0.25, 0.3) is 11.8 Å². The summed E-state index contributed by atoms with van der Waals surface area (Å²) in [5, 5.41) is 2.44. The number of carbonyl (C=O) groups is 2. The minimum absolute atomic E-state index is 0.112. The highest BCUT2D eigenvalue weighted by Crippen LogP contribution is 2.35. The van der Waals surface area contributed by atoms with E-state index in [2.05, 4.69) is 5.32 Å². The van der Waals surface area contributed by atoms with Gasteiger partial charge in [0, 0.05) is 4.88 Å². The number of nitrogens with one attached hydrogen (secondary N) is 1. The van der Waals surface area contributed by atoms with Gasteiger partial charge < -0.3 is 11.1 Å². The summed E-state index contributed by atoms with van der Waals surface area (Å²) in [5.41, 5.74) is 6.07. The summed E-state index contributed by atoms with van der Waals surface area (Å²) >= 11 is 6.94. The van der Waals surface area contributed by atoms with Crippen molar-refractivity contribution in [1.29, 1.82) is 0 Å². The van der Waals surface area contributed by atoms with Crippen LogP contribution in [0.5, 0.6) is 0 Å². The molecule has 26 heavy (non-hydrogen) atoms. The number of thiophene rings is 1. The van der Waals surface area contributed by atoms with Gasteiger partial charge in [0.15, 0.2) is 11.6 Å². The Morgan fingerprint density at radius 3 is 2.31 bits per heavy atom. The van der Waals surface area contributed by atoms with Gasteiger partial charge >= 0.3 is 0 Å². The zero-order valence-electron chi connectivity index (χ0n) is 13.1. The van der Waals surface area contributed by atoms with E-state index in [0.717, 1.165) is 16.9 Å². The van der Waals surface area contributed by atoms with Crippen molar-refractivity contribution in [3.8, 4) is 10.4 Å². The lowest BCUT2D eigenvalue weighted by atomic mass is 10.1. The molecule has 0 fully saturated rings. The summed E-state index contributed by atoms with van der Waals surface area (Å²) < 4.78 is 26.6. The molecule has 0 aliphatic carbocycles. The zero-order valence-corrected chi connectivity index (χ0v) is 14.6. The maximum atomic E-state index is 13.4. The van der Waals surface area contributed by atoms with E-state index in [4.69, 9.17) is 17.3 Å². The van der Waals surface area contributed by atoms with Crippen molar-refractivity contribution in [2.75, 3.05) is 5.32 Å². The highest BCUT2D eigenvalue weighted by molar-refractivity contribution is 7.20. The van der Waals surface area contributed by atoms with Crippen molar-refractivity contribution in [1.82, 2.24) is 0 Å².